The largest absolute Gasteiger partial charge is 0.509 e. The molecule has 101 valence electrons. The molecule has 2 aliphatic heterocycles. The van der Waals surface area contributed by atoms with Crippen LogP contribution in [0.3, 0.4) is 0 Å². The van der Waals surface area contributed by atoms with Crippen LogP contribution in [0.1, 0.15) is 6.23 Å². The Balaban J connectivity index is 1.94. The van der Waals surface area contributed by atoms with Gasteiger partial charge in [-0.1, -0.05) is 0 Å². The molecule has 4 atom stereocenters. The highest BCUT2D eigenvalue weighted by Crippen LogP contribution is 2.36. The van der Waals surface area contributed by atoms with Crippen molar-refractivity contribution in [2.24, 2.45) is 0 Å². The van der Waals surface area contributed by atoms with Gasteiger partial charge in [-0.25, -0.2) is 9.59 Å². The molecule has 1 aromatic rings. The van der Waals surface area contributed by atoms with Crippen LogP contribution in [0.5, 0.6) is 0 Å². The molecule has 1 radical (unpaired) electrons. The molecule has 0 amide bonds. The van der Waals surface area contributed by atoms with Crippen molar-refractivity contribution in [1.82, 2.24) is 9.55 Å². The summed E-state index contributed by atoms with van der Waals surface area (Å²) in [4.78, 5) is 26.4. The fraction of sp³-hybridized carbons (Fsp3) is 0.400. The molecule has 1 aromatic heterocycles. The molecular formula is C10H10N3O6. The molecule has 2 aliphatic rings. The summed E-state index contributed by atoms with van der Waals surface area (Å²) in [5, 5.41) is 8.65. The standard InChI is InChI=1S/C10H10N3O6/c1-4-6-7(19-10(15)18-6)8(17-4)13-3-2-5(12-16)11-9(13)14/h2-4,6-8,16H,1H2,(H,11,12,14)/t4-,6-,7-,8-/m1/s1. The van der Waals surface area contributed by atoms with Gasteiger partial charge in [0, 0.05) is 6.20 Å². The zero-order valence-electron chi connectivity index (χ0n) is 9.55. The van der Waals surface area contributed by atoms with Gasteiger partial charge < -0.3 is 14.2 Å². The van der Waals surface area contributed by atoms with E-state index in [0.717, 1.165) is 4.57 Å². The van der Waals surface area contributed by atoms with Gasteiger partial charge in [-0.05, 0) is 13.0 Å². The fourth-order valence-electron chi connectivity index (χ4n) is 2.12. The van der Waals surface area contributed by atoms with Crippen LogP contribution in [-0.2, 0) is 14.2 Å². The lowest BCUT2D eigenvalue weighted by Gasteiger charge is -2.17. The minimum absolute atomic E-state index is 0.00152. The average molecular weight is 268 g/mol. The number of fused-ring (bicyclic) bond motifs is 1. The zero-order chi connectivity index (χ0) is 13.6. The van der Waals surface area contributed by atoms with Crippen LogP contribution in [-0.4, -0.2) is 39.2 Å². The second-order valence-electron chi connectivity index (χ2n) is 4.09. The molecule has 0 aliphatic carbocycles. The van der Waals surface area contributed by atoms with Crippen molar-refractivity contribution in [1.29, 1.82) is 0 Å². The summed E-state index contributed by atoms with van der Waals surface area (Å²) < 4.78 is 16.4. The Morgan fingerprint density at radius 1 is 1.37 bits per heavy atom. The number of hydrogen-bond donors (Lipinski definition) is 2. The van der Waals surface area contributed by atoms with Crippen molar-refractivity contribution in [2.45, 2.75) is 24.5 Å². The van der Waals surface area contributed by atoms with E-state index in [1.807, 2.05) is 0 Å². The molecular weight excluding hydrogens is 258 g/mol. The number of carbonyl (C=O) groups excluding carboxylic acids is 1. The zero-order valence-corrected chi connectivity index (χ0v) is 9.55. The number of anilines is 1. The van der Waals surface area contributed by atoms with Crippen LogP contribution in [0.4, 0.5) is 10.6 Å². The molecule has 9 nitrogen and oxygen atoms in total. The van der Waals surface area contributed by atoms with Gasteiger partial charge in [-0.15, -0.1) is 0 Å². The molecule has 2 saturated heterocycles. The molecule has 3 heterocycles. The minimum atomic E-state index is -0.855. The van der Waals surface area contributed by atoms with Gasteiger partial charge in [-0.2, -0.15) is 4.98 Å². The Labute approximate surface area is 106 Å². The Bertz CT molecular complexity index is 573. The summed E-state index contributed by atoms with van der Waals surface area (Å²) in [6.07, 6.45) is -2.34. The lowest BCUT2D eigenvalue weighted by molar-refractivity contribution is -0.0441. The number of carbonyl (C=O) groups is 1. The van der Waals surface area contributed by atoms with E-state index in [9.17, 15) is 9.59 Å². The summed E-state index contributed by atoms with van der Waals surface area (Å²) in [7, 11) is 0. The first-order valence-corrected chi connectivity index (χ1v) is 5.45. The Morgan fingerprint density at radius 2 is 2.11 bits per heavy atom. The lowest BCUT2D eigenvalue weighted by Crippen LogP contribution is -2.34. The van der Waals surface area contributed by atoms with Gasteiger partial charge in [0.15, 0.2) is 24.3 Å². The number of ether oxygens (including phenoxy) is 3. The van der Waals surface area contributed by atoms with Crippen LogP contribution in [0, 0.1) is 6.92 Å². The highest BCUT2D eigenvalue weighted by molar-refractivity contribution is 5.63. The van der Waals surface area contributed by atoms with Crippen LogP contribution < -0.4 is 11.2 Å². The van der Waals surface area contributed by atoms with Crippen molar-refractivity contribution in [2.75, 3.05) is 5.48 Å². The molecule has 0 unspecified atom stereocenters. The van der Waals surface area contributed by atoms with Crippen molar-refractivity contribution in [3.8, 4) is 0 Å². The van der Waals surface area contributed by atoms with Crippen molar-refractivity contribution in [3.63, 3.8) is 0 Å². The van der Waals surface area contributed by atoms with E-state index in [2.05, 4.69) is 11.9 Å². The van der Waals surface area contributed by atoms with E-state index < -0.39 is 36.4 Å². The molecule has 0 bridgehead atoms. The summed E-state index contributed by atoms with van der Waals surface area (Å²) in [6, 6.07) is 1.37. The van der Waals surface area contributed by atoms with E-state index >= 15 is 0 Å². The first-order chi connectivity index (χ1) is 9.10. The number of rotatable bonds is 2. The Hall–Kier alpha value is -2.13. The van der Waals surface area contributed by atoms with Crippen molar-refractivity contribution >= 4 is 12.0 Å². The van der Waals surface area contributed by atoms with Gasteiger partial charge in [0.2, 0.25) is 0 Å². The quantitative estimate of drug-likeness (QED) is 0.554. The summed E-state index contributed by atoms with van der Waals surface area (Å²) >= 11 is 0. The summed E-state index contributed by atoms with van der Waals surface area (Å²) in [5.41, 5.74) is 1.09. The van der Waals surface area contributed by atoms with Crippen LogP contribution in [0.15, 0.2) is 17.1 Å². The molecule has 19 heavy (non-hydrogen) atoms. The van der Waals surface area contributed by atoms with Crippen molar-refractivity contribution < 1.29 is 24.2 Å². The molecule has 0 spiro atoms. The number of nitrogens with zero attached hydrogens (tertiary/aromatic N) is 2. The van der Waals surface area contributed by atoms with Gasteiger partial charge in [-0.3, -0.25) is 15.3 Å². The van der Waals surface area contributed by atoms with Gasteiger partial charge >= 0.3 is 11.8 Å². The number of aromatic nitrogens is 2. The maximum Gasteiger partial charge on any atom is 0.509 e. The van der Waals surface area contributed by atoms with E-state index in [1.165, 1.54) is 12.3 Å². The topological polar surface area (TPSA) is 112 Å². The Kier molecular flexibility index (Phi) is 2.64. The summed E-state index contributed by atoms with van der Waals surface area (Å²) in [6.45, 7) is 3.69. The smallest absolute Gasteiger partial charge is 0.424 e. The third-order valence-electron chi connectivity index (χ3n) is 2.97. The third kappa shape index (κ3) is 1.83. The normalized spacial score (nSPS) is 32.6. The maximum atomic E-state index is 11.8. The van der Waals surface area contributed by atoms with E-state index in [4.69, 9.17) is 19.4 Å². The maximum absolute atomic E-state index is 11.8. The van der Waals surface area contributed by atoms with E-state index in [1.54, 1.807) is 5.48 Å². The van der Waals surface area contributed by atoms with Crippen molar-refractivity contribution in [3.05, 3.63) is 29.7 Å². The molecule has 9 heteroatoms. The SMILES string of the molecule is [CH2][C@H]1O[C@@H](n2ccc(NO)nc2=O)[C@@H]2OC(=O)O[C@@H]21. The number of hydrogen-bond acceptors (Lipinski definition) is 8. The first kappa shape index (κ1) is 11.9. The first-order valence-electron chi connectivity index (χ1n) is 5.45. The van der Waals surface area contributed by atoms with Gasteiger partial charge in [0.25, 0.3) is 0 Å². The van der Waals surface area contributed by atoms with E-state index in [-0.39, 0.29) is 5.82 Å². The minimum Gasteiger partial charge on any atom is -0.424 e. The Morgan fingerprint density at radius 3 is 2.79 bits per heavy atom. The van der Waals surface area contributed by atoms with Crippen LogP contribution in [0.25, 0.3) is 0 Å². The van der Waals surface area contributed by atoms with E-state index in [0.29, 0.717) is 0 Å². The van der Waals surface area contributed by atoms with Crippen LogP contribution >= 0.6 is 0 Å². The van der Waals surface area contributed by atoms with Gasteiger partial charge in [0.05, 0.1) is 0 Å². The highest BCUT2D eigenvalue weighted by atomic mass is 16.8. The number of nitrogens with one attached hydrogen (secondary N) is 1. The summed E-state index contributed by atoms with van der Waals surface area (Å²) in [5.74, 6) is 0.00152. The molecule has 0 saturated carbocycles. The molecule has 3 rings (SSSR count). The molecule has 2 N–H and O–H groups in total. The molecule has 2 fully saturated rings. The predicted molar refractivity (Wildman–Crippen MR) is 58.3 cm³/mol. The average Bonchev–Trinajstić information content (AvgIpc) is 2.89. The second-order valence-corrected chi connectivity index (χ2v) is 4.09. The lowest BCUT2D eigenvalue weighted by atomic mass is 10.1. The molecule has 0 aromatic carbocycles. The monoisotopic (exact) mass is 268 g/mol. The van der Waals surface area contributed by atoms with Crippen LogP contribution in [0.2, 0.25) is 0 Å². The fourth-order valence-corrected chi connectivity index (χ4v) is 2.12. The van der Waals surface area contributed by atoms with Gasteiger partial charge in [0.1, 0.15) is 6.10 Å². The highest BCUT2D eigenvalue weighted by Gasteiger charge is 2.53. The second kappa shape index (κ2) is 4.21. The predicted octanol–water partition coefficient (Wildman–Crippen LogP) is -0.320. The third-order valence-corrected chi connectivity index (χ3v) is 2.97.